The molecule has 1 saturated heterocycles. The number of hydrogen-bond donors (Lipinski definition) is 1. The molecule has 0 aromatic heterocycles. The fourth-order valence-corrected chi connectivity index (χ4v) is 3.59. The second kappa shape index (κ2) is 9.08. The predicted octanol–water partition coefficient (Wildman–Crippen LogP) is 2.82. The van der Waals surface area contributed by atoms with Crippen LogP contribution in [0.5, 0.6) is 5.75 Å². The second-order valence-electron chi connectivity index (χ2n) is 7.57. The van der Waals surface area contributed by atoms with Gasteiger partial charge in [-0.3, -0.25) is 19.8 Å². The van der Waals surface area contributed by atoms with E-state index in [9.17, 15) is 19.3 Å². The Kier molecular flexibility index (Phi) is 6.51. The van der Waals surface area contributed by atoms with Crippen molar-refractivity contribution in [1.29, 1.82) is 0 Å². The summed E-state index contributed by atoms with van der Waals surface area (Å²) in [7, 11) is 0. The molecule has 0 bridgehead atoms. The molecule has 2 atom stereocenters. The SMILES string of the molecule is CC1CN(C(=O)COc2ccc([N+](=O)[O-])cc2N)C(C)CN1Cc1ccc(F)cc1. The summed E-state index contributed by atoms with van der Waals surface area (Å²) in [6.07, 6.45) is 0. The molecule has 8 nitrogen and oxygen atoms in total. The van der Waals surface area contributed by atoms with Gasteiger partial charge in [0.2, 0.25) is 0 Å². The molecule has 0 radical (unpaired) electrons. The molecule has 1 aliphatic rings. The van der Waals surface area contributed by atoms with E-state index in [0.29, 0.717) is 19.6 Å². The molecule has 2 aromatic carbocycles. The van der Waals surface area contributed by atoms with Crippen molar-refractivity contribution in [3.05, 3.63) is 64.0 Å². The number of carbonyl (C=O) groups excluding carboxylic acids is 1. The summed E-state index contributed by atoms with van der Waals surface area (Å²) in [5.41, 5.74) is 6.79. The third-order valence-electron chi connectivity index (χ3n) is 5.29. The predicted molar refractivity (Wildman–Crippen MR) is 110 cm³/mol. The molecule has 1 fully saturated rings. The van der Waals surface area contributed by atoms with Gasteiger partial charge in [0.25, 0.3) is 11.6 Å². The third-order valence-corrected chi connectivity index (χ3v) is 5.29. The van der Waals surface area contributed by atoms with Gasteiger partial charge >= 0.3 is 0 Å². The average molecular weight is 416 g/mol. The quantitative estimate of drug-likeness (QED) is 0.441. The third kappa shape index (κ3) is 5.04. The van der Waals surface area contributed by atoms with E-state index in [-0.39, 0.29) is 47.5 Å². The Balaban J connectivity index is 1.57. The van der Waals surface area contributed by atoms with Crippen molar-refractivity contribution < 1.29 is 18.8 Å². The first kappa shape index (κ1) is 21.5. The minimum absolute atomic E-state index is 0.0213. The summed E-state index contributed by atoms with van der Waals surface area (Å²) in [6, 6.07) is 10.4. The van der Waals surface area contributed by atoms with Crippen LogP contribution >= 0.6 is 0 Å². The van der Waals surface area contributed by atoms with Crippen molar-refractivity contribution in [2.24, 2.45) is 0 Å². The molecule has 9 heteroatoms. The summed E-state index contributed by atoms with van der Waals surface area (Å²) >= 11 is 0. The number of nitro groups is 1. The topological polar surface area (TPSA) is 102 Å². The zero-order chi connectivity index (χ0) is 21.8. The Labute approximate surface area is 174 Å². The number of nitrogens with two attached hydrogens (primary N) is 1. The number of hydrogen-bond acceptors (Lipinski definition) is 6. The first-order chi connectivity index (χ1) is 14.2. The van der Waals surface area contributed by atoms with Crippen molar-refractivity contribution in [2.75, 3.05) is 25.4 Å². The van der Waals surface area contributed by atoms with Gasteiger partial charge in [-0.05, 0) is 37.6 Å². The van der Waals surface area contributed by atoms with Crippen LogP contribution in [0.3, 0.4) is 0 Å². The van der Waals surface area contributed by atoms with E-state index in [1.807, 2.05) is 13.8 Å². The molecule has 1 amide bonds. The molecule has 0 spiro atoms. The molecule has 0 saturated carbocycles. The van der Waals surface area contributed by atoms with Gasteiger partial charge in [0, 0.05) is 43.9 Å². The average Bonchev–Trinajstić information content (AvgIpc) is 2.70. The summed E-state index contributed by atoms with van der Waals surface area (Å²) in [4.78, 5) is 27.0. The summed E-state index contributed by atoms with van der Waals surface area (Å²) in [6.45, 7) is 5.73. The Morgan fingerprint density at radius 1 is 1.20 bits per heavy atom. The highest BCUT2D eigenvalue weighted by atomic mass is 19.1. The number of nitrogen functional groups attached to an aromatic ring is 1. The minimum atomic E-state index is -0.542. The van der Waals surface area contributed by atoms with Crippen LogP contribution in [0.1, 0.15) is 19.4 Å². The monoisotopic (exact) mass is 416 g/mol. The Morgan fingerprint density at radius 3 is 2.53 bits per heavy atom. The van der Waals surface area contributed by atoms with Crippen molar-refractivity contribution in [3.8, 4) is 5.75 Å². The fourth-order valence-electron chi connectivity index (χ4n) is 3.59. The van der Waals surface area contributed by atoms with Gasteiger partial charge in [0.1, 0.15) is 11.6 Å². The molecule has 1 heterocycles. The highest BCUT2D eigenvalue weighted by molar-refractivity contribution is 5.78. The maximum absolute atomic E-state index is 13.1. The van der Waals surface area contributed by atoms with Crippen molar-refractivity contribution in [2.45, 2.75) is 32.5 Å². The smallest absolute Gasteiger partial charge is 0.271 e. The Hall–Kier alpha value is -3.20. The highest BCUT2D eigenvalue weighted by Crippen LogP contribution is 2.26. The number of nitro benzene ring substituents is 1. The maximum atomic E-state index is 13.1. The maximum Gasteiger partial charge on any atom is 0.271 e. The molecular formula is C21H25FN4O4. The molecule has 2 aromatic rings. The normalized spacial score (nSPS) is 19.5. The first-order valence-electron chi connectivity index (χ1n) is 9.69. The molecule has 160 valence electrons. The van der Waals surface area contributed by atoms with Gasteiger partial charge in [-0.1, -0.05) is 12.1 Å². The number of rotatable bonds is 6. The molecule has 2 N–H and O–H groups in total. The van der Waals surface area contributed by atoms with Gasteiger partial charge in [-0.15, -0.1) is 0 Å². The number of amides is 1. The largest absolute Gasteiger partial charge is 0.482 e. The number of halogens is 1. The lowest BCUT2D eigenvalue weighted by molar-refractivity contribution is -0.384. The molecule has 1 aliphatic heterocycles. The van der Waals surface area contributed by atoms with Crippen LogP contribution in [0.2, 0.25) is 0 Å². The van der Waals surface area contributed by atoms with Gasteiger partial charge in [0.15, 0.2) is 6.61 Å². The zero-order valence-corrected chi connectivity index (χ0v) is 17.0. The molecular weight excluding hydrogens is 391 g/mol. The van der Waals surface area contributed by atoms with Crippen LogP contribution < -0.4 is 10.5 Å². The standard InChI is InChI=1S/C21H25FN4O4/c1-14-11-25(15(2)10-24(14)12-16-3-5-17(22)6-4-16)21(27)13-30-20-8-7-18(26(28)29)9-19(20)23/h3-9,14-15H,10-13,23H2,1-2H3. The lowest BCUT2D eigenvalue weighted by atomic mass is 10.1. The fraction of sp³-hybridized carbons (Fsp3) is 0.381. The van der Waals surface area contributed by atoms with Crippen LogP contribution in [0.25, 0.3) is 0 Å². The first-order valence-corrected chi connectivity index (χ1v) is 9.69. The van der Waals surface area contributed by atoms with E-state index >= 15 is 0 Å². The molecule has 0 aliphatic carbocycles. The minimum Gasteiger partial charge on any atom is -0.482 e. The van der Waals surface area contributed by atoms with Crippen LogP contribution in [-0.2, 0) is 11.3 Å². The van der Waals surface area contributed by atoms with Gasteiger partial charge in [-0.25, -0.2) is 4.39 Å². The second-order valence-corrected chi connectivity index (χ2v) is 7.57. The number of nitrogens with zero attached hydrogens (tertiary/aromatic N) is 3. The van der Waals surface area contributed by atoms with Crippen LogP contribution in [0, 0.1) is 15.9 Å². The number of benzene rings is 2. The highest BCUT2D eigenvalue weighted by Gasteiger charge is 2.32. The number of non-ortho nitro benzene ring substituents is 1. The van der Waals surface area contributed by atoms with E-state index < -0.39 is 4.92 Å². The number of carbonyl (C=O) groups is 1. The molecule has 2 unspecified atom stereocenters. The van der Waals surface area contributed by atoms with Crippen LogP contribution in [0.15, 0.2) is 42.5 Å². The van der Waals surface area contributed by atoms with E-state index in [2.05, 4.69) is 4.90 Å². The zero-order valence-electron chi connectivity index (χ0n) is 17.0. The number of ether oxygens (including phenoxy) is 1. The van der Waals surface area contributed by atoms with Crippen LogP contribution in [-0.4, -0.2) is 52.4 Å². The summed E-state index contributed by atoms with van der Waals surface area (Å²) < 4.78 is 18.6. The summed E-state index contributed by atoms with van der Waals surface area (Å²) in [5, 5.41) is 10.8. The van der Waals surface area contributed by atoms with Gasteiger partial charge in [-0.2, -0.15) is 0 Å². The Bertz CT molecular complexity index is 922. The molecule has 30 heavy (non-hydrogen) atoms. The van der Waals surface area contributed by atoms with E-state index in [1.165, 1.54) is 30.3 Å². The van der Waals surface area contributed by atoms with Crippen molar-refractivity contribution in [3.63, 3.8) is 0 Å². The molecule has 3 rings (SSSR count). The van der Waals surface area contributed by atoms with Crippen molar-refractivity contribution in [1.82, 2.24) is 9.80 Å². The Morgan fingerprint density at radius 2 is 1.90 bits per heavy atom. The van der Waals surface area contributed by atoms with Gasteiger partial charge in [0.05, 0.1) is 10.6 Å². The van der Waals surface area contributed by atoms with Crippen LogP contribution in [0.4, 0.5) is 15.8 Å². The van der Waals surface area contributed by atoms with Gasteiger partial charge < -0.3 is 15.4 Å². The summed E-state index contributed by atoms with van der Waals surface area (Å²) in [5.74, 6) is -0.192. The lowest BCUT2D eigenvalue weighted by Gasteiger charge is -2.44. The van der Waals surface area contributed by atoms with E-state index in [4.69, 9.17) is 10.5 Å². The number of anilines is 1. The number of piperazine rings is 1. The van der Waals surface area contributed by atoms with E-state index in [0.717, 1.165) is 5.56 Å². The van der Waals surface area contributed by atoms with Crippen molar-refractivity contribution >= 4 is 17.3 Å². The lowest BCUT2D eigenvalue weighted by Crippen LogP contribution is -2.58. The van der Waals surface area contributed by atoms with E-state index in [1.54, 1.807) is 17.0 Å².